The fourth-order valence-electron chi connectivity index (χ4n) is 12.2. The molecule has 0 atom stereocenters. The zero-order valence-corrected chi connectivity index (χ0v) is 38.7. The van der Waals surface area contributed by atoms with E-state index in [9.17, 15) is 0 Å². The van der Waals surface area contributed by atoms with E-state index >= 15 is 0 Å². The third-order valence-corrected chi connectivity index (χ3v) is 15.4. The average Bonchev–Trinajstić information content (AvgIpc) is 3.63. The van der Waals surface area contributed by atoms with Crippen molar-refractivity contribution in [2.24, 2.45) is 0 Å². The van der Waals surface area contributed by atoms with Gasteiger partial charge in [0.15, 0.2) is 0 Å². The Hall–Kier alpha value is -8.46. The standard InChI is InChI=1S/C67H48N2/c1-67(2)59-23-11-10-22-53(59)56-40-46(32-37-60(56)67)43-28-30-45(31-29-43)66-55-36-34-51(68-61-24-12-6-18-47(61)38-48-19-7-13-25-62(48)68)41-57(55)65(44-16-4-3-5-17-44)54-35-33-52(42-58(54)66)69-63-26-14-8-20-49(63)39-50-21-9-15-27-64(50)69/h3-37,40-42H,38-39H2,1-2H3. The molecule has 0 fully saturated rings. The van der Waals surface area contributed by atoms with Crippen LogP contribution < -0.4 is 9.80 Å². The molecular formula is C67H48N2. The van der Waals surface area contributed by atoms with Gasteiger partial charge >= 0.3 is 0 Å². The van der Waals surface area contributed by atoms with Gasteiger partial charge in [-0.3, -0.25) is 0 Å². The Morgan fingerprint density at radius 1 is 0.304 bits per heavy atom. The van der Waals surface area contributed by atoms with Gasteiger partial charge in [-0.2, -0.15) is 0 Å². The molecule has 2 heterocycles. The Labute approximate surface area is 404 Å². The number of fused-ring (bicyclic) bond motifs is 9. The van der Waals surface area contributed by atoms with Gasteiger partial charge in [0.1, 0.15) is 0 Å². The van der Waals surface area contributed by atoms with Crippen LogP contribution in [0.3, 0.4) is 0 Å². The molecule has 326 valence electrons. The second kappa shape index (κ2) is 15.3. The van der Waals surface area contributed by atoms with Gasteiger partial charge in [0.25, 0.3) is 0 Å². The van der Waals surface area contributed by atoms with Crippen LogP contribution in [0.5, 0.6) is 0 Å². The Kier molecular flexibility index (Phi) is 8.79. The molecule has 2 nitrogen and oxygen atoms in total. The summed E-state index contributed by atoms with van der Waals surface area (Å²) in [7, 11) is 0. The van der Waals surface area contributed by atoms with Crippen molar-refractivity contribution in [2.75, 3.05) is 9.80 Å². The summed E-state index contributed by atoms with van der Waals surface area (Å²) in [6.07, 6.45) is 1.83. The van der Waals surface area contributed by atoms with Gasteiger partial charge in [0, 0.05) is 52.4 Å². The molecule has 1 aliphatic carbocycles. The predicted octanol–water partition coefficient (Wildman–Crippen LogP) is 18.0. The van der Waals surface area contributed by atoms with E-state index in [1.807, 2.05) is 0 Å². The molecule has 0 bridgehead atoms. The van der Waals surface area contributed by atoms with E-state index in [1.165, 1.54) is 122 Å². The maximum atomic E-state index is 2.48. The minimum absolute atomic E-state index is 0.0276. The van der Waals surface area contributed by atoms with Crippen LogP contribution in [0.2, 0.25) is 0 Å². The van der Waals surface area contributed by atoms with Crippen LogP contribution in [0, 0.1) is 0 Å². The summed E-state index contributed by atoms with van der Waals surface area (Å²) < 4.78 is 0. The van der Waals surface area contributed by atoms with E-state index < -0.39 is 0 Å². The van der Waals surface area contributed by atoms with Crippen LogP contribution >= 0.6 is 0 Å². The van der Waals surface area contributed by atoms with Crippen molar-refractivity contribution < 1.29 is 0 Å². The Balaban J connectivity index is 1.02. The quantitative estimate of drug-likeness (QED) is 0.159. The Bertz CT molecular complexity index is 3790. The molecule has 0 unspecified atom stereocenters. The van der Waals surface area contributed by atoms with Crippen molar-refractivity contribution in [3.8, 4) is 44.5 Å². The van der Waals surface area contributed by atoms with Gasteiger partial charge in [0.2, 0.25) is 0 Å². The van der Waals surface area contributed by atoms with Crippen molar-refractivity contribution in [2.45, 2.75) is 32.1 Å². The van der Waals surface area contributed by atoms with Gasteiger partial charge in [0.05, 0.1) is 0 Å². The molecule has 0 radical (unpaired) electrons. The molecule has 11 aromatic carbocycles. The van der Waals surface area contributed by atoms with Gasteiger partial charge in [-0.05, 0) is 154 Å². The first kappa shape index (κ1) is 39.7. The summed E-state index contributed by atoms with van der Waals surface area (Å²) in [6.45, 7) is 4.71. The largest absolute Gasteiger partial charge is 0.310 e. The lowest BCUT2D eigenvalue weighted by Crippen LogP contribution is -2.18. The fourth-order valence-corrected chi connectivity index (χ4v) is 12.2. The van der Waals surface area contributed by atoms with Crippen LogP contribution in [0.4, 0.5) is 34.1 Å². The van der Waals surface area contributed by atoms with Crippen molar-refractivity contribution in [3.05, 3.63) is 264 Å². The summed E-state index contributed by atoms with van der Waals surface area (Å²) in [5, 5.41) is 4.91. The van der Waals surface area contributed by atoms with Gasteiger partial charge < -0.3 is 9.80 Å². The van der Waals surface area contributed by atoms with Crippen LogP contribution in [-0.4, -0.2) is 0 Å². The second-order valence-electron chi connectivity index (χ2n) is 19.6. The Morgan fingerprint density at radius 2 is 0.710 bits per heavy atom. The zero-order valence-electron chi connectivity index (χ0n) is 38.7. The lowest BCUT2D eigenvalue weighted by Gasteiger charge is -2.34. The highest BCUT2D eigenvalue weighted by Crippen LogP contribution is 2.53. The lowest BCUT2D eigenvalue weighted by molar-refractivity contribution is 0.660. The van der Waals surface area contributed by atoms with Crippen molar-refractivity contribution in [1.29, 1.82) is 0 Å². The Morgan fingerprint density at radius 3 is 1.23 bits per heavy atom. The SMILES string of the molecule is CC1(C)c2ccccc2-c2cc(-c3ccc(-c4c5ccc(N6c7ccccc7Cc7ccccc76)cc5c(-c5ccccc5)c5ccc(N6c7ccccc7Cc7ccccc76)cc45)cc3)ccc21. The van der Waals surface area contributed by atoms with Gasteiger partial charge in [-0.15, -0.1) is 0 Å². The molecule has 0 N–H and O–H groups in total. The van der Waals surface area contributed by atoms with Crippen LogP contribution in [-0.2, 0) is 18.3 Å². The van der Waals surface area contributed by atoms with Crippen LogP contribution in [0.1, 0.15) is 47.2 Å². The van der Waals surface area contributed by atoms with E-state index in [4.69, 9.17) is 0 Å². The van der Waals surface area contributed by atoms with Gasteiger partial charge in [-0.1, -0.05) is 190 Å². The fraction of sp³-hybridized carbons (Fsp3) is 0.0746. The second-order valence-corrected chi connectivity index (χ2v) is 19.6. The van der Waals surface area contributed by atoms with Crippen LogP contribution in [0.15, 0.2) is 231 Å². The topological polar surface area (TPSA) is 6.48 Å². The first-order valence-electron chi connectivity index (χ1n) is 24.3. The summed E-state index contributed by atoms with van der Waals surface area (Å²) in [6, 6.07) is 86.5. The minimum atomic E-state index is -0.0276. The van der Waals surface area contributed by atoms with E-state index in [1.54, 1.807) is 0 Å². The van der Waals surface area contributed by atoms with Crippen molar-refractivity contribution in [1.82, 2.24) is 0 Å². The molecule has 69 heavy (non-hydrogen) atoms. The van der Waals surface area contributed by atoms with Crippen molar-refractivity contribution in [3.63, 3.8) is 0 Å². The number of nitrogens with zero attached hydrogens (tertiary/aromatic N) is 2. The molecule has 11 aromatic rings. The third kappa shape index (κ3) is 6.12. The number of hydrogen-bond acceptors (Lipinski definition) is 2. The number of rotatable bonds is 5. The predicted molar refractivity (Wildman–Crippen MR) is 290 cm³/mol. The maximum absolute atomic E-state index is 2.48. The number of benzene rings is 11. The highest BCUT2D eigenvalue weighted by molar-refractivity contribution is 6.23. The molecule has 0 amide bonds. The van der Waals surface area contributed by atoms with E-state index in [2.05, 4.69) is 254 Å². The average molecular weight is 881 g/mol. The van der Waals surface area contributed by atoms with E-state index in [0.29, 0.717) is 0 Å². The molecule has 0 spiro atoms. The first-order chi connectivity index (χ1) is 34.0. The third-order valence-electron chi connectivity index (χ3n) is 15.4. The highest BCUT2D eigenvalue weighted by Gasteiger charge is 2.35. The molecule has 2 heteroatoms. The molecule has 14 rings (SSSR count). The highest BCUT2D eigenvalue weighted by atomic mass is 15.2. The summed E-state index contributed by atoms with van der Waals surface area (Å²) >= 11 is 0. The molecule has 0 saturated heterocycles. The molecule has 0 saturated carbocycles. The molecule has 2 aliphatic heterocycles. The molecule has 3 aliphatic rings. The first-order valence-corrected chi connectivity index (χ1v) is 24.3. The van der Waals surface area contributed by atoms with Crippen molar-refractivity contribution >= 4 is 55.7 Å². The molecule has 0 aromatic heterocycles. The number of hydrogen-bond donors (Lipinski definition) is 0. The minimum Gasteiger partial charge on any atom is -0.310 e. The van der Waals surface area contributed by atoms with E-state index in [-0.39, 0.29) is 5.41 Å². The summed E-state index contributed by atoms with van der Waals surface area (Å²) in [5.74, 6) is 0. The summed E-state index contributed by atoms with van der Waals surface area (Å²) in [4.78, 5) is 4.96. The number of anilines is 6. The van der Waals surface area contributed by atoms with Crippen LogP contribution in [0.25, 0.3) is 66.1 Å². The number of para-hydroxylation sites is 4. The lowest BCUT2D eigenvalue weighted by atomic mass is 9.82. The maximum Gasteiger partial charge on any atom is 0.0497 e. The molecular weight excluding hydrogens is 833 g/mol. The monoisotopic (exact) mass is 880 g/mol. The zero-order chi connectivity index (χ0) is 45.8. The van der Waals surface area contributed by atoms with E-state index in [0.717, 1.165) is 24.2 Å². The smallest absolute Gasteiger partial charge is 0.0497 e. The normalized spacial score (nSPS) is 13.9. The van der Waals surface area contributed by atoms with Gasteiger partial charge in [-0.25, -0.2) is 0 Å². The summed E-state index contributed by atoms with van der Waals surface area (Å²) in [5.41, 5.74) is 25.4.